The van der Waals surface area contributed by atoms with E-state index in [9.17, 15) is 0 Å². The zero-order chi connectivity index (χ0) is 12.6. The Kier molecular flexibility index (Phi) is 7.98. The van der Waals surface area contributed by atoms with Crippen molar-refractivity contribution in [3.63, 3.8) is 0 Å². The topological polar surface area (TPSA) is 47.3 Å². The molecule has 0 rings (SSSR count). The largest absolute Gasteiger partial charge is 0.377 e. The molecule has 2 atom stereocenters. The molecule has 0 amide bonds. The van der Waals surface area contributed by atoms with Gasteiger partial charge in [0.15, 0.2) is 0 Å². The van der Waals surface area contributed by atoms with Gasteiger partial charge in [0, 0.05) is 13.2 Å². The zero-order valence-electron chi connectivity index (χ0n) is 11.7. The summed E-state index contributed by atoms with van der Waals surface area (Å²) in [5.41, 5.74) is 2.71. The van der Waals surface area contributed by atoms with Crippen LogP contribution in [0.2, 0.25) is 0 Å². The highest BCUT2D eigenvalue weighted by molar-refractivity contribution is 4.85. The molecule has 0 aliphatic heterocycles. The van der Waals surface area contributed by atoms with Gasteiger partial charge in [-0.15, -0.1) is 0 Å². The molecule has 3 N–H and O–H groups in total. The fraction of sp³-hybridized carbons (Fsp3) is 1.00. The van der Waals surface area contributed by atoms with Crippen LogP contribution < -0.4 is 11.3 Å². The lowest BCUT2D eigenvalue weighted by Crippen LogP contribution is -2.51. The van der Waals surface area contributed by atoms with Gasteiger partial charge >= 0.3 is 0 Å². The molecule has 0 bridgehead atoms. The first-order chi connectivity index (χ1) is 7.51. The van der Waals surface area contributed by atoms with Crippen molar-refractivity contribution in [3.05, 3.63) is 0 Å². The maximum absolute atomic E-state index is 5.64. The molecule has 0 aliphatic rings. The molecule has 3 heteroatoms. The second-order valence-corrected chi connectivity index (χ2v) is 5.18. The predicted molar refractivity (Wildman–Crippen MR) is 70.1 cm³/mol. The van der Waals surface area contributed by atoms with Gasteiger partial charge in [0.2, 0.25) is 0 Å². The zero-order valence-corrected chi connectivity index (χ0v) is 11.7. The molecule has 0 aromatic carbocycles. The van der Waals surface area contributed by atoms with Crippen molar-refractivity contribution in [1.29, 1.82) is 0 Å². The number of nitrogens with two attached hydrogens (primary N) is 1. The maximum Gasteiger partial charge on any atom is 0.0788 e. The number of ether oxygens (including phenoxy) is 1. The predicted octanol–water partition coefficient (Wildman–Crippen LogP) is 2.85. The molecule has 98 valence electrons. The molecule has 0 radical (unpaired) electrons. The number of hydrogen-bond acceptors (Lipinski definition) is 3. The molecule has 0 spiro atoms. The van der Waals surface area contributed by atoms with Crippen LogP contribution in [0, 0.1) is 5.92 Å². The lowest BCUT2D eigenvalue weighted by molar-refractivity contribution is -0.0175. The van der Waals surface area contributed by atoms with Crippen LogP contribution in [-0.2, 0) is 4.74 Å². The summed E-state index contributed by atoms with van der Waals surface area (Å²) in [4.78, 5) is 0. The number of hydrazine groups is 1. The van der Waals surface area contributed by atoms with E-state index in [0.29, 0.717) is 0 Å². The fourth-order valence-corrected chi connectivity index (χ4v) is 2.01. The summed E-state index contributed by atoms with van der Waals surface area (Å²) in [5.74, 6) is 6.38. The molecule has 3 nitrogen and oxygen atoms in total. The van der Waals surface area contributed by atoms with Crippen molar-refractivity contribution in [1.82, 2.24) is 5.43 Å². The highest BCUT2D eigenvalue weighted by Crippen LogP contribution is 2.24. The Balaban J connectivity index is 4.27. The van der Waals surface area contributed by atoms with Crippen molar-refractivity contribution >= 4 is 0 Å². The molecule has 0 fully saturated rings. The third kappa shape index (κ3) is 5.28. The summed E-state index contributed by atoms with van der Waals surface area (Å²) in [6, 6.07) is 0.222. The van der Waals surface area contributed by atoms with Gasteiger partial charge in [0.05, 0.1) is 5.60 Å². The standard InChI is InChI=1S/C13H30N2O/c1-6-8-9-11(7-2)10-12(15-14)13(3,4)16-5/h11-12,15H,6-10,14H2,1-5H3. The van der Waals surface area contributed by atoms with E-state index in [2.05, 4.69) is 33.1 Å². The fourth-order valence-electron chi connectivity index (χ4n) is 2.01. The Labute approximate surface area is 101 Å². The van der Waals surface area contributed by atoms with Crippen LogP contribution in [0.5, 0.6) is 0 Å². The first kappa shape index (κ1) is 15.9. The quantitative estimate of drug-likeness (QED) is 0.473. The van der Waals surface area contributed by atoms with Gasteiger partial charge in [-0.25, -0.2) is 0 Å². The van der Waals surface area contributed by atoms with E-state index in [0.717, 1.165) is 12.3 Å². The highest BCUT2D eigenvalue weighted by Gasteiger charge is 2.30. The average molecular weight is 230 g/mol. The third-order valence-electron chi connectivity index (χ3n) is 3.68. The SMILES string of the molecule is CCCCC(CC)CC(NN)C(C)(C)OC. The normalized spacial score (nSPS) is 16.1. The summed E-state index contributed by atoms with van der Waals surface area (Å²) in [6.45, 7) is 8.67. The van der Waals surface area contributed by atoms with Gasteiger partial charge < -0.3 is 4.74 Å². The smallest absolute Gasteiger partial charge is 0.0788 e. The van der Waals surface area contributed by atoms with Gasteiger partial charge in [-0.3, -0.25) is 11.3 Å². The average Bonchev–Trinajstić information content (AvgIpc) is 2.29. The van der Waals surface area contributed by atoms with Crippen LogP contribution in [0.1, 0.15) is 59.8 Å². The first-order valence-electron chi connectivity index (χ1n) is 6.53. The van der Waals surface area contributed by atoms with Crippen molar-refractivity contribution in [2.45, 2.75) is 71.4 Å². The molecular formula is C13H30N2O. The van der Waals surface area contributed by atoms with E-state index in [1.807, 2.05) is 0 Å². The minimum absolute atomic E-state index is 0.200. The molecule has 0 aromatic heterocycles. The maximum atomic E-state index is 5.64. The van der Waals surface area contributed by atoms with E-state index in [1.165, 1.54) is 25.7 Å². The Hall–Kier alpha value is -0.120. The molecule has 0 saturated heterocycles. The van der Waals surface area contributed by atoms with E-state index >= 15 is 0 Å². The number of methoxy groups -OCH3 is 1. The molecule has 0 aromatic rings. The lowest BCUT2D eigenvalue weighted by atomic mass is 9.86. The Morgan fingerprint density at radius 2 is 1.94 bits per heavy atom. The van der Waals surface area contributed by atoms with Crippen LogP contribution >= 0.6 is 0 Å². The minimum atomic E-state index is -0.200. The van der Waals surface area contributed by atoms with E-state index in [-0.39, 0.29) is 11.6 Å². The van der Waals surface area contributed by atoms with Crippen LogP contribution in [-0.4, -0.2) is 18.8 Å². The van der Waals surface area contributed by atoms with Crippen LogP contribution in [0.3, 0.4) is 0 Å². The Bertz CT molecular complexity index is 171. The summed E-state index contributed by atoms with van der Waals surface area (Å²) >= 11 is 0. The van der Waals surface area contributed by atoms with E-state index in [1.54, 1.807) is 7.11 Å². The summed E-state index contributed by atoms with van der Waals surface area (Å²) in [7, 11) is 1.75. The van der Waals surface area contributed by atoms with Crippen molar-refractivity contribution < 1.29 is 4.74 Å². The molecule has 0 heterocycles. The van der Waals surface area contributed by atoms with Crippen LogP contribution in [0.25, 0.3) is 0 Å². The van der Waals surface area contributed by atoms with Crippen molar-refractivity contribution in [2.24, 2.45) is 11.8 Å². The molecule has 2 unspecified atom stereocenters. The molecule has 16 heavy (non-hydrogen) atoms. The van der Waals surface area contributed by atoms with E-state index in [4.69, 9.17) is 10.6 Å². The molecular weight excluding hydrogens is 200 g/mol. The van der Waals surface area contributed by atoms with Gasteiger partial charge in [-0.1, -0.05) is 39.5 Å². The number of hydrogen-bond donors (Lipinski definition) is 2. The van der Waals surface area contributed by atoms with Gasteiger partial charge in [0.25, 0.3) is 0 Å². The number of rotatable bonds is 9. The Morgan fingerprint density at radius 1 is 1.31 bits per heavy atom. The van der Waals surface area contributed by atoms with Crippen LogP contribution in [0.15, 0.2) is 0 Å². The highest BCUT2D eigenvalue weighted by atomic mass is 16.5. The Morgan fingerprint density at radius 3 is 2.31 bits per heavy atom. The molecule has 0 saturated carbocycles. The number of unbranched alkanes of at least 4 members (excludes halogenated alkanes) is 1. The first-order valence-corrected chi connectivity index (χ1v) is 6.53. The summed E-state index contributed by atoms with van der Waals surface area (Å²) in [5, 5.41) is 0. The molecule has 0 aliphatic carbocycles. The van der Waals surface area contributed by atoms with E-state index < -0.39 is 0 Å². The van der Waals surface area contributed by atoms with Gasteiger partial charge in [-0.05, 0) is 26.2 Å². The minimum Gasteiger partial charge on any atom is -0.377 e. The van der Waals surface area contributed by atoms with Gasteiger partial charge in [0.1, 0.15) is 0 Å². The van der Waals surface area contributed by atoms with Crippen LogP contribution in [0.4, 0.5) is 0 Å². The van der Waals surface area contributed by atoms with Gasteiger partial charge in [-0.2, -0.15) is 0 Å². The summed E-state index contributed by atoms with van der Waals surface area (Å²) < 4.78 is 5.50. The second kappa shape index (κ2) is 8.04. The monoisotopic (exact) mass is 230 g/mol. The second-order valence-electron chi connectivity index (χ2n) is 5.18. The third-order valence-corrected chi connectivity index (χ3v) is 3.68. The van der Waals surface area contributed by atoms with Crippen molar-refractivity contribution in [3.8, 4) is 0 Å². The lowest BCUT2D eigenvalue weighted by Gasteiger charge is -2.34. The summed E-state index contributed by atoms with van der Waals surface area (Å²) in [6.07, 6.45) is 6.19. The number of nitrogens with one attached hydrogen (secondary N) is 1. The van der Waals surface area contributed by atoms with Crippen molar-refractivity contribution in [2.75, 3.05) is 7.11 Å².